The van der Waals surface area contributed by atoms with Crippen molar-refractivity contribution in [2.24, 2.45) is 0 Å². The maximum absolute atomic E-state index is 10.1. The van der Waals surface area contributed by atoms with Crippen molar-refractivity contribution < 1.29 is 9.90 Å². The highest BCUT2D eigenvalue weighted by Crippen LogP contribution is 2.20. The fraction of sp³-hybridized carbons (Fsp3) is 0.0833. The first-order chi connectivity index (χ1) is 7.29. The van der Waals surface area contributed by atoms with Crippen molar-refractivity contribution in [1.29, 1.82) is 0 Å². The summed E-state index contributed by atoms with van der Waals surface area (Å²) in [7, 11) is 0. The van der Waals surface area contributed by atoms with E-state index < -0.39 is 0 Å². The average Bonchev–Trinajstić information content (AvgIpc) is 2.26. The van der Waals surface area contributed by atoms with Crippen molar-refractivity contribution >= 4 is 17.2 Å². The highest BCUT2D eigenvalue weighted by molar-refractivity contribution is 5.84. The Morgan fingerprint density at radius 1 is 1.13 bits per heavy atom. The van der Waals surface area contributed by atoms with E-state index in [4.69, 9.17) is 0 Å². The van der Waals surface area contributed by atoms with Crippen LogP contribution in [0.1, 0.15) is 5.56 Å². The normalized spacial score (nSPS) is 10.1. The fourth-order valence-electron chi connectivity index (χ4n) is 1.55. The second kappa shape index (κ2) is 4.00. The van der Waals surface area contributed by atoms with Gasteiger partial charge in [-0.25, -0.2) is 0 Å². The SMILES string of the molecule is O=CNCc1ccc2cc(O)ccc2c1. The first-order valence-corrected chi connectivity index (χ1v) is 4.68. The van der Waals surface area contributed by atoms with Gasteiger partial charge in [0.25, 0.3) is 0 Å². The number of aromatic hydroxyl groups is 1. The fourth-order valence-corrected chi connectivity index (χ4v) is 1.55. The molecule has 0 fully saturated rings. The smallest absolute Gasteiger partial charge is 0.207 e. The summed E-state index contributed by atoms with van der Waals surface area (Å²) in [5.74, 6) is 0.265. The van der Waals surface area contributed by atoms with E-state index in [9.17, 15) is 9.90 Å². The van der Waals surface area contributed by atoms with Crippen LogP contribution >= 0.6 is 0 Å². The molecule has 0 heterocycles. The Balaban J connectivity index is 2.38. The number of nitrogens with one attached hydrogen (secondary N) is 1. The van der Waals surface area contributed by atoms with Gasteiger partial charge in [-0.1, -0.05) is 18.2 Å². The van der Waals surface area contributed by atoms with Gasteiger partial charge < -0.3 is 10.4 Å². The van der Waals surface area contributed by atoms with Crippen LogP contribution in [0.5, 0.6) is 5.75 Å². The van der Waals surface area contributed by atoms with Crippen molar-refractivity contribution in [2.45, 2.75) is 6.54 Å². The van der Waals surface area contributed by atoms with Crippen LogP contribution in [0.4, 0.5) is 0 Å². The zero-order chi connectivity index (χ0) is 10.7. The molecule has 0 atom stereocenters. The summed E-state index contributed by atoms with van der Waals surface area (Å²) < 4.78 is 0. The van der Waals surface area contributed by atoms with Gasteiger partial charge in [0.05, 0.1) is 0 Å². The van der Waals surface area contributed by atoms with Gasteiger partial charge in [0.2, 0.25) is 6.41 Å². The third-order valence-electron chi connectivity index (χ3n) is 2.28. The van der Waals surface area contributed by atoms with Crippen molar-refractivity contribution in [3.8, 4) is 5.75 Å². The monoisotopic (exact) mass is 201 g/mol. The molecule has 2 N–H and O–H groups in total. The summed E-state index contributed by atoms with van der Waals surface area (Å²) in [6, 6.07) is 11.1. The van der Waals surface area contributed by atoms with E-state index in [1.54, 1.807) is 12.1 Å². The summed E-state index contributed by atoms with van der Waals surface area (Å²) in [6.45, 7) is 0.528. The molecule has 2 rings (SSSR count). The minimum absolute atomic E-state index is 0.265. The molecule has 0 radical (unpaired) electrons. The van der Waals surface area contributed by atoms with E-state index in [0.717, 1.165) is 16.3 Å². The molecule has 0 aromatic heterocycles. The number of phenols is 1. The predicted molar refractivity (Wildman–Crippen MR) is 58.5 cm³/mol. The van der Waals surface area contributed by atoms with Crippen LogP contribution in [-0.4, -0.2) is 11.5 Å². The number of carbonyl (C=O) groups is 1. The van der Waals surface area contributed by atoms with Crippen molar-refractivity contribution in [3.63, 3.8) is 0 Å². The Bertz CT molecular complexity index is 494. The predicted octanol–water partition coefficient (Wildman–Crippen LogP) is 1.79. The van der Waals surface area contributed by atoms with Crippen LogP contribution in [0.25, 0.3) is 10.8 Å². The number of benzene rings is 2. The van der Waals surface area contributed by atoms with E-state index in [0.29, 0.717) is 13.0 Å². The van der Waals surface area contributed by atoms with E-state index in [-0.39, 0.29) is 5.75 Å². The lowest BCUT2D eigenvalue weighted by molar-refractivity contribution is -0.109. The van der Waals surface area contributed by atoms with Gasteiger partial charge in [0.1, 0.15) is 5.75 Å². The maximum atomic E-state index is 10.1. The second-order valence-electron chi connectivity index (χ2n) is 3.36. The Labute approximate surface area is 87.3 Å². The van der Waals surface area contributed by atoms with E-state index >= 15 is 0 Å². The number of carbonyl (C=O) groups excluding carboxylic acids is 1. The molecule has 0 aliphatic rings. The molecular weight excluding hydrogens is 190 g/mol. The summed E-state index contributed by atoms with van der Waals surface area (Å²) >= 11 is 0. The summed E-state index contributed by atoms with van der Waals surface area (Å²) in [5, 5.41) is 13.9. The third kappa shape index (κ3) is 2.07. The molecule has 0 spiro atoms. The lowest BCUT2D eigenvalue weighted by atomic mass is 10.1. The third-order valence-corrected chi connectivity index (χ3v) is 2.28. The molecule has 15 heavy (non-hydrogen) atoms. The van der Waals surface area contributed by atoms with E-state index in [2.05, 4.69) is 5.32 Å². The minimum Gasteiger partial charge on any atom is -0.508 e. The van der Waals surface area contributed by atoms with Gasteiger partial charge in [-0.3, -0.25) is 4.79 Å². The Morgan fingerprint density at radius 2 is 1.87 bits per heavy atom. The maximum Gasteiger partial charge on any atom is 0.207 e. The van der Waals surface area contributed by atoms with E-state index in [1.807, 2.05) is 24.3 Å². The minimum atomic E-state index is 0.265. The molecule has 2 aromatic rings. The van der Waals surface area contributed by atoms with Gasteiger partial charge >= 0.3 is 0 Å². The zero-order valence-electron chi connectivity index (χ0n) is 8.10. The highest BCUT2D eigenvalue weighted by Gasteiger charge is 1.97. The first kappa shape index (κ1) is 9.52. The Kier molecular flexibility index (Phi) is 2.54. The van der Waals surface area contributed by atoms with E-state index in [1.165, 1.54) is 0 Å². The number of rotatable bonds is 3. The van der Waals surface area contributed by atoms with Crippen LogP contribution < -0.4 is 5.32 Å². The molecule has 76 valence electrons. The molecule has 0 aliphatic carbocycles. The van der Waals surface area contributed by atoms with Crippen molar-refractivity contribution in [1.82, 2.24) is 5.32 Å². The zero-order valence-corrected chi connectivity index (χ0v) is 8.10. The van der Waals surface area contributed by atoms with Crippen molar-refractivity contribution in [2.75, 3.05) is 0 Å². The largest absolute Gasteiger partial charge is 0.508 e. The second-order valence-corrected chi connectivity index (χ2v) is 3.36. The summed E-state index contributed by atoms with van der Waals surface area (Å²) in [4.78, 5) is 10.1. The highest BCUT2D eigenvalue weighted by atomic mass is 16.3. The number of hydrogen-bond acceptors (Lipinski definition) is 2. The molecule has 0 bridgehead atoms. The molecule has 0 unspecified atom stereocenters. The molecule has 3 nitrogen and oxygen atoms in total. The van der Waals surface area contributed by atoms with Gasteiger partial charge in [-0.05, 0) is 34.5 Å². The Hall–Kier alpha value is -2.03. The number of phenolic OH excluding ortho intramolecular Hbond substituents is 1. The summed E-state index contributed by atoms with van der Waals surface area (Å²) in [6.07, 6.45) is 0.682. The average molecular weight is 201 g/mol. The molecule has 0 saturated carbocycles. The standard InChI is InChI=1S/C12H11NO2/c14-8-13-7-9-1-2-11-6-12(15)4-3-10(11)5-9/h1-6,8,15H,7H2,(H,13,14). The molecule has 1 amide bonds. The van der Waals surface area contributed by atoms with Crippen LogP contribution in [0.15, 0.2) is 36.4 Å². The number of fused-ring (bicyclic) bond motifs is 1. The first-order valence-electron chi connectivity index (χ1n) is 4.68. The van der Waals surface area contributed by atoms with Crippen LogP contribution in [0, 0.1) is 0 Å². The molecule has 2 aromatic carbocycles. The van der Waals surface area contributed by atoms with Crippen LogP contribution in [0.3, 0.4) is 0 Å². The van der Waals surface area contributed by atoms with Crippen LogP contribution in [0.2, 0.25) is 0 Å². The quantitative estimate of drug-likeness (QED) is 0.744. The molecule has 0 saturated heterocycles. The lowest BCUT2D eigenvalue weighted by Gasteiger charge is -2.03. The Morgan fingerprint density at radius 3 is 2.67 bits per heavy atom. The van der Waals surface area contributed by atoms with Gasteiger partial charge in [-0.2, -0.15) is 0 Å². The van der Waals surface area contributed by atoms with Gasteiger partial charge in [-0.15, -0.1) is 0 Å². The molecular formula is C12H11NO2. The summed E-state index contributed by atoms with van der Waals surface area (Å²) in [5.41, 5.74) is 1.04. The molecule has 3 heteroatoms. The molecule has 0 aliphatic heterocycles. The van der Waals surface area contributed by atoms with Gasteiger partial charge in [0.15, 0.2) is 0 Å². The lowest BCUT2D eigenvalue weighted by Crippen LogP contribution is -2.09. The number of amides is 1. The van der Waals surface area contributed by atoms with Crippen molar-refractivity contribution in [3.05, 3.63) is 42.0 Å². The van der Waals surface area contributed by atoms with Crippen LogP contribution in [-0.2, 0) is 11.3 Å². The van der Waals surface area contributed by atoms with Gasteiger partial charge in [0, 0.05) is 6.54 Å². The topological polar surface area (TPSA) is 49.3 Å². The number of hydrogen-bond donors (Lipinski definition) is 2.